The zero-order valence-electron chi connectivity index (χ0n) is 20.6. The van der Waals surface area contributed by atoms with Crippen LogP contribution in [0.25, 0.3) is 0 Å². The molecule has 0 unspecified atom stereocenters. The van der Waals surface area contributed by atoms with Crippen molar-refractivity contribution in [1.29, 1.82) is 0 Å². The van der Waals surface area contributed by atoms with Gasteiger partial charge >= 0.3 is 12.3 Å². The molecule has 1 aliphatic rings. The minimum Gasteiger partial charge on any atom is -0.481 e. The van der Waals surface area contributed by atoms with E-state index in [1.165, 1.54) is 42.3 Å². The number of anilines is 3. The maximum absolute atomic E-state index is 13.8. The Labute approximate surface area is 229 Å². The number of carbonyl (C=O) groups excluding carboxylic acids is 1. The number of hydrogen-bond acceptors (Lipinski definition) is 5. The smallest absolute Gasteiger partial charge is 0.416 e. The first-order valence-electron chi connectivity index (χ1n) is 11.8. The molecule has 0 radical (unpaired) electrons. The lowest BCUT2D eigenvalue weighted by molar-refractivity contribution is -0.137. The van der Waals surface area contributed by atoms with Gasteiger partial charge in [-0.1, -0.05) is 0 Å². The lowest BCUT2D eigenvalue weighted by atomic mass is 10.0. The number of nitrogens with zero attached hydrogens (tertiary/aromatic N) is 3. The zero-order valence-corrected chi connectivity index (χ0v) is 22.1. The first-order valence-corrected chi connectivity index (χ1v) is 12.6. The number of hydrogen-bond donors (Lipinski definition) is 2. The summed E-state index contributed by atoms with van der Waals surface area (Å²) in [7, 11) is 1.43. The molecule has 13 heteroatoms. The number of amides is 2. The van der Waals surface area contributed by atoms with Crippen LogP contribution in [-0.4, -0.2) is 42.4 Å². The van der Waals surface area contributed by atoms with Gasteiger partial charge in [0.2, 0.25) is 5.88 Å². The molecule has 0 spiro atoms. The molecule has 0 atom stereocenters. The second-order valence-corrected chi connectivity index (χ2v) is 9.49. The summed E-state index contributed by atoms with van der Waals surface area (Å²) in [5.41, 5.74) is 0.329. The lowest BCUT2D eigenvalue weighted by Crippen LogP contribution is -2.45. The van der Waals surface area contributed by atoms with Crippen molar-refractivity contribution in [3.05, 3.63) is 75.6 Å². The molecule has 1 aromatic heterocycles. The van der Waals surface area contributed by atoms with Crippen LogP contribution in [0, 0.1) is 5.82 Å². The molecule has 3 aromatic rings. The zero-order chi connectivity index (χ0) is 28.3. The van der Waals surface area contributed by atoms with Gasteiger partial charge in [0.1, 0.15) is 12.5 Å². The summed E-state index contributed by atoms with van der Waals surface area (Å²) in [6.45, 7) is 0.125. The fourth-order valence-electron chi connectivity index (χ4n) is 4.27. The van der Waals surface area contributed by atoms with Gasteiger partial charge in [-0.25, -0.2) is 14.2 Å². The van der Waals surface area contributed by atoms with E-state index in [4.69, 9.17) is 9.84 Å². The van der Waals surface area contributed by atoms with Crippen molar-refractivity contribution >= 4 is 45.0 Å². The Kier molecular flexibility index (Phi) is 8.28. The van der Waals surface area contributed by atoms with Crippen molar-refractivity contribution in [1.82, 2.24) is 10.3 Å². The van der Waals surface area contributed by atoms with Gasteiger partial charge in [-0.05, 0) is 77.7 Å². The average Bonchev–Trinajstić information content (AvgIpc) is 2.88. The molecule has 2 aromatic carbocycles. The van der Waals surface area contributed by atoms with E-state index in [0.29, 0.717) is 40.8 Å². The number of methoxy groups -OCH3 is 1. The van der Waals surface area contributed by atoms with Crippen molar-refractivity contribution in [2.24, 2.45) is 0 Å². The van der Waals surface area contributed by atoms with Gasteiger partial charge < -0.3 is 20.1 Å². The summed E-state index contributed by atoms with van der Waals surface area (Å²) >= 11 is 3.32. The van der Waals surface area contributed by atoms with Gasteiger partial charge in [0.05, 0.1) is 41.0 Å². The minimum absolute atomic E-state index is 0.0942. The van der Waals surface area contributed by atoms with Crippen molar-refractivity contribution in [3.63, 3.8) is 0 Å². The number of rotatable bonds is 8. The van der Waals surface area contributed by atoms with Crippen molar-refractivity contribution < 1.29 is 37.0 Å². The number of halogens is 5. The minimum atomic E-state index is -4.67. The molecule has 2 N–H and O–H groups in total. The van der Waals surface area contributed by atoms with Gasteiger partial charge in [-0.3, -0.25) is 9.69 Å². The number of pyridine rings is 1. The van der Waals surface area contributed by atoms with Gasteiger partial charge in [-0.15, -0.1) is 0 Å². The number of benzene rings is 2. The quantitative estimate of drug-likeness (QED) is 0.228. The van der Waals surface area contributed by atoms with E-state index >= 15 is 0 Å². The van der Waals surface area contributed by atoms with Crippen LogP contribution in [0.5, 0.6) is 5.88 Å². The van der Waals surface area contributed by atoms with E-state index < -0.39 is 29.6 Å². The van der Waals surface area contributed by atoms with Crippen LogP contribution in [0.4, 0.5) is 39.4 Å². The molecule has 0 saturated heterocycles. The van der Waals surface area contributed by atoms with Crippen LogP contribution < -0.4 is 19.9 Å². The highest BCUT2D eigenvalue weighted by atomic mass is 79.9. The van der Waals surface area contributed by atoms with Crippen molar-refractivity contribution in [3.8, 4) is 5.88 Å². The lowest BCUT2D eigenvalue weighted by Gasteiger charge is -2.39. The SMILES string of the molecule is COc1ccc(N2CN(c3ccc(F)cc3Br)c3ccc(C(F)(F)F)cc3C2=O)c(CCCCNC(=O)O)n1. The van der Waals surface area contributed by atoms with Crippen LogP contribution in [0.2, 0.25) is 0 Å². The first-order chi connectivity index (χ1) is 18.5. The summed E-state index contributed by atoms with van der Waals surface area (Å²) in [6.07, 6.45) is -4.47. The molecule has 0 aliphatic carbocycles. The van der Waals surface area contributed by atoms with Crippen LogP contribution in [0.15, 0.2) is 53.0 Å². The Bertz CT molecular complexity index is 1400. The third-order valence-corrected chi connectivity index (χ3v) is 6.75. The van der Waals surface area contributed by atoms with Crippen LogP contribution in [0.3, 0.4) is 0 Å². The fraction of sp³-hybridized carbons (Fsp3) is 0.269. The molecular weight excluding hydrogens is 588 g/mol. The van der Waals surface area contributed by atoms with E-state index in [2.05, 4.69) is 26.2 Å². The highest BCUT2D eigenvalue weighted by Crippen LogP contribution is 2.42. The highest BCUT2D eigenvalue weighted by molar-refractivity contribution is 9.10. The second-order valence-electron chi connectivity index (χ2n) is 8.64. The van der Waals surface area contributed by atoms with E-state index in [1.807, 2.05) is 0 Å². The van der Waals surface area contributed by atoms with Crippen molar-refractivity contribution in [2.45, 2.75) is 25.4 Å². The maximum Gasteiger partial charge on any atom is 0.416 e. The van der Waals surface area contributed by atoms with Gasteiger partial charge in [0.25, 0.3) is 5.91 Å². The summed E-state index contributed by atoms with van der Waals surface area (Å²) in [5, 5.41) is 11.0. The largest absolute Gasteiger partial charge is 0.481 e. The molecule has 4 rings (SSSR count). The number of ether oxygens (including phenoxy) is 1. The Morgan fingerprint density at radius 3 is 2.46 bits per heavy atom. The monoisotopic (exact) mass is 610 g/mol. The second kappa shape index (κ2) is 11.5. The highest BCUT2D eigenvalue weighted by Gasteiger charge is 2.37. The fourth-order valence-corrected chi connectivity index (χ4v) is 4.83. The van der Waals surface area contributed by atoms with Gasteiger partial charge in [0.15, 0.2) is 0 Å². The molecule has 2 heterocycles. The number of aryl methyl sites for hydroxylation is 1. The molecular formula is C26H23BrF4N4O4. The molecule has 206 valence electrons. The van der Waals surface area contributed by atoms with E-state index in [0.717, 1.165) is 12.1 Å². The summed E-state index contributed by atoms with van der Waals surface area (Å²) in [5.74, 6) is -0.895. The summed E-state index contributed by atoms with van der Waals surface area (Å²) in [4.78, 5) is 31.8. The number of carboxylic acid groups (broad SMARTS) is 1. The predicted molar refractivity (Wildman–Crippen MR) is 139 cm³/mol. The van der Waals surface area contributed by atoms with Crippen LogP contribution >= 0.6 is 15.9 Å². The normalized spacial score (nSPS) is 13.3. The molecule has 8 nitrogen and oxygen atoms in total. The number of nitrogens with one attached hydrogen (secondary N) is 1. The molecule has 2 amide bonds. The Balaban J connectivity index is 1.78. The molecule has 1 aliphatic heterocycles. The number of unbranched alkanes of at least 4 members (excludes halogenated alkanes) is 1. The Morgan fingerprint density at radius 1 is 1.08 bits per heavy atom. The maximum atomic E-state index is 13.8. The Morgan fingerprint density at radius 2 is 1.79 bits per heavy atom. The third kappa shape index (κ3) is 6.24. The first kappa shape index (κ1) is 28.1. The average molecular weight is 611 g/mol. The third-order valence-electron chi connectivity index (χ3n) is 6.11. The number of fused-ring (bicyclic) bond motifs is 1. The standard InChI is InChI=1S/C26H23BrF4N4O4/c1-39-23-10-9-22(19(33-23)4-2-3-11-32-25(37)38)35-14-34(21-8-6-16(28)13-18(21)27)20-7-5-15(26(29,30)31)12-17(20)24(35)36/h5-10,12-13,32H,2-4,11,14H2,1H3,(H,37,38). The number of carbonyl (C=O) groups is 2. The number of aromatic nitrogens is 1. The number of alkyl halides is 3. The van der Waals surface area contributed by atoms with Gasteiger partial charge in [0, 0.05) is 17.1 Å². The van der Waals surface area contributed by atoms with Crippen LogP contribution in [-0.2, 0) is 12.6 Å². The Hall–Kier alpha value is -3.87. The predicted octanol–water partition coefficient (Wildman–Crippen LogP) is 6.36. The van der Waals surface area contributed by atoms with E-state index in [9.17, 15) is 27.2 Å². The molecule has 0 saturated carbocycles. The van der Waals surface area contributed by atoms with E-state index in [1.54, 1.807) is 11.0 Å². The molecule has 0 fully saturated rings. The summed E-state index contributed by atoms with van der Waals surface area (Å²) < 4.78 is 60.2. The van der Waals surface area contributed by atoms with Gasteiger partial charge in [-0.2, -0.15) is 13.2 Å². The van der Waals surface area contributed by atoms with Crippen LogP contribution in [0.1, 0.15) is 34.5 Å². The van der Waals surface area contributed by atoms with E-state index in [-0.39, 0.29) is 30.3 Å². The topological polar surface area (TPSA) is 95.0 Å². The van der Waals surface area contributed by atoms with Crippen molar-refractivity contribution in [2.75, 3.05) is 30.1 Å². The molecule has 0 bridgehead atoms. The molecule has 39 heavy (non-hydrogen) atoms. The summed E-state index contributed by atoms with van der Waals surface area (Å²) in [6, 6.07) is 9.99.